The zero-order valence-corrected chi connectivity index (χ0v) is 8.71. The van der Waals surface area contributed by atoms with Crippen LogP contribution in [0.5, 0.6) is 0 Å². The van der Waals surface area contributed by atoms with Crippen LogP contribution in [0.4, 0.5) is 0 Å². The first-order valence-electron chi connectivity index (χ1n) is 3.76. The van der Waals surface area contributed by atoms with E-state index < -0.39 is 5.97 Å². The topological polar surface area (TPSA) is 70.1 Å². The molecule has 0 aromatic carbocycles. The van der Waals surface area contributed by atoms with E-state index in [1.54, 1.807) is 6.07 Å². The fourth-order valence-electron chi connectivity index (χ4n) is 1.14. The number of hydrogen-bond acceptors (Lipinski definition) is 5. The first-order chi connectivity index (χ1) is 6.72. The summed E-state index contributed by atoms with van der Waals surface area (Å²) in [5.74, 6) is -1.25. The van der Waals surface area contributed by atoms with Crippen LogP contribution in [0.1, 0.15) is 20.7 Å². The zero-order valence-electron chi connectivity index (χ0n) is 7.89. The van der Waals surface area contributed by atoms with E-state index in [0.29, 0.717) is 22.1 Å². The minimum Gasteiger partial charge on any atom is -0.545 e. The maximum atomic E-state index is 10.6. The van der Waals surface area contributed by atoms with E-state index in [1.807, 2.05) is 0 Å². The van der Waals surface area contributed by atoms with Crippen molar-refractivity contribution in [3.63, 3.8) is 0 Å². The molecule has 2 aromatic heterocycles. The summed E-state index contributed by atoms with van der Waals surface area (Å²) in [4.78, 5) is 24.9. The largest absolute Gasteiger partial charge is 1.00 e. The van der Waals surface area contributed by atoms with E-state index in [1.165, 1.54) is 22.9 Å². The molecule has 0 atom stereocenters. The normalized spacial score (nSPS) is 9.60. The van der Waals surface area contributed by atoms with Crippen molar-refractivity contribution in [2.24, 2.45) is 0 Å². The van der Waals surface area contributed by atoms with Gasteiger partial charge < -0.3 is 9.90 Å². The molecule has 0 bridgehead atoms. The van der Waals surface area contributed by atoms with Gasteiger partial charge in [-0.2, -0.15) is 0 Å². The number of carbonyl (C=O) groups excluding carboxylic acids is 2. The molecule has 6 heteroatoms. The Bertz CT molecular complexity index is 523. The summed E-state index contributed by atoms with van der Waals surface area (Å²) in [6.07, 6.45) is 2.01. The number of aromatic carboxylic acids is 1. The Morgan fingerprint density at radius 1 is 1.53 bits per heavy atom. The van der Waals surface area contributed by atoms with E-state index in [0.717, 1.165) is 0 Å². The van der Waals surface area contributed by atoms with Gasteiger partial charge in [-0.15, -0.1) is 11.3 Å². The van der Waals surface area contributed by atoms with Crippen LogP contribution in [0.15, 0.2) is 17.6 Å². The number of pyridine rings is 1. The van der Waals surface area contributed by atoms with Gasteiger partial charge in [0.1, 0.15) is 0 Å². The van der Waals surface area contributed by atoms with Crippen LogP contribution >= 0.6 is 11.3 Å². The van der Waals surface area contributed by atoms with E-state index in [-0.39, 0.29) is 24.4 Å². The van der Waals surface area contributed by atoms with Gasteiger partial charge in [0.25, 0.3) is 0 Å². The third-order valence-corrected chi connectivity index (χ3v) is 2.71. The van der Waals surface area contributed by atoms with E-state index >= 15 is 0 Å². The first kappa shape index (κ1) is 11.9. The maximum absolute atomic E-state index is 10.6. The van der Waals surface area contributed by atoms with Gasteiger partial charge in [-0.1, -0.05) is 0 Å². The Balaban J connectivity index is 0.00000112. The molecule has 4 nitrogen and oxygen atoms in total. The number of fused-ring (bicyclic) bond motifs is 1. The Morgan fingerprint density at radius 2 is 2.27 bits per heavy atom. The van der Waals surface area contributed by atoms with Gasteiger partial charge in [-0.25, -0.2) is 0 Å². The van der Waals surface area contributed by atoms with Crippen molar-refractivity contribution in [1.29, 1.82) is 0 Å². The van der Waals surface area contributed by atoms with Crippen LogP contribution in [0.2, 0.25) is 0 Å². The summed E-state index contributed by atoms with van der Waals surface area (Å²) in [5.41, 5.74) is 0.882. The van der Waals surface area contributed by atoms with Crippen LogP contribution in [0.25, 0.3) is 10.2 Å². The van der Waals surface area contributed by atoms with Gasteiger partial charge in [0.05, 0.1) is 16.2 Å². The van der Waals surface area contributed by atoms with Gasteiger partial charge in [0.2, 0.25) is 0 Å². The summed E-state index contributed by atoms with van der Waals surface area (Å²) < 4.78 is 0.675. The number of nitrogens with zero attached hydrogens (tertiary/aromatic N) is 1. The number of rotatable bonds is 2. The predicted molar refractivity (Wildman–Crippen MR) is 49.3 cm³/mol. The molecule has 0 fully saturated rings. The summed E-state index contributed by atoms with van der Waals surface area (Å²) >= 11 is 1.23. The van der Waals surface area contributed by atoms with E-state index in [9.17, 15) is 14.7 Å². The summed E-state index contributed by atoms with van der Waals surface area (Å²) in [6, 6.07) is 1.60. The zero-order chi connectivity index (χ0) is 10.1. The molecule has 0 unspecified atom stereocenters. The number of thiophene rings is 1. The quantitative estimate of drug-likeness (QED) is 0.407. The molecule has 0 aliphatic rings. The number of hydrogen-bond donors (Lipinski definition) is 0. The minimum absolute atomic E-state index is 0. The molecule has 2 heterocycles. The van der Waals surface area contributed by atoms with Crippen molar-refractivity contribution < 1.29 is 33.6 Å². The first-order valence-corrected chi connectivity index (χ1v) is 4.64. The molecule has 2 aromatic rings. The van der Waals surface area contributed by atoms with Gasteiger partial charge in [-0.3, -0.25) is 9.78 Å². The molecule has 0 aliphatic heterocycles. The fraction of sp³-hybridized carbons (Fsp3) is 0. The van der Waals surface area contributed by atoms with Gasteiger partial charge >= 0.3 is 18.9 Å². The number of carboxylic acids is 1. The second-order valence-corrected chi connectivity index (χ2v) is 3.58. The van der Waals surface area contributed by atoms with Crippen molar-refractivity contribution in [1.82, 2.24) is 4.98 Å². The molecule has 0 spiro atoms. The molecule has 0 amide bonds. The second kappa shape index (κ2) is 4.58. The Labute approximate surface area is 101 Å². The molecule has 70 valence electrons. The third kappa shape index (κ3) is 2.10. The molecule has 15 heavy (non-hydrogen) atoms. The molecular weight excluding hydrogens is 209 g/mol. The molecule has 2 rings (SSSR count). The molecule has 0 aliphatic carbocycles. The SMILES string of the molecule is O=Cc1cnc2c(C(=O)[O-])csc2c1.[Li+]. The van der Waals surface area contributed by atoms with Crippen LogP contribution < -0.4 is 24.0 Å². The number of carbonyl (C=O) groups is 2. The molecule has 0 saturated carbocycles. The Kier molecular flexibility index (Phi) is 3.64. The third-order valence-electron chi connectivity index (χ3n) is 1.79. The summed E-state index contributed by atoms with van der Waals surface area (Å²) in [7, 11) is 0. The second-order valence-electron chi connectivity index (χ2n) is 2.67. The molecule has 0 N–H and O–H groups in total. The van der Waals surface area contributed by atoms with Gasteiger partial charge in [-0.05, 0) is 6.07 Å². The van der Waals surface area contributed by atoms with Crippen LogP contribution in [-0.2, 0) is 0 Å². The van der Waals surface area contributed by atoms with E-state index in [2.05, 4.69) is 4.98 Å². The molecular formula is C9H4LiNO3S. The fourth-order valence-corrected chi connectivity index (χ4v) is 2.07. The van der Waals surface area contributed by atoms with Crippen LogP contribution in [-0.4, -0.2) is 17.2 Å². The predicted octanol–water partition coefficient (Wildman–Crippen LogP) is -2.52. The minimum atomic E-state index is -1.25. The van der Waals surface area contributed by atoms with Crippen molar-refractivity contribution >= 4 is 33.8 Å². The van der Waals surface area contributed by atoms with Crippen LogP contribution in [0, 0.1) is 0 Å². The van der Waals surface area contributed by atoms with Crippen molar-refractivity contribution in [3.05, 3.63) is 28.8 Å². The molecule has 0 radical (unpaired) electrons. The number of carboxylic acid groups (broad SMARTS) is 1. The van der Waals surface area contributed by atoms with Gasteiger partial charge in [0.15, 0.2) is 6.29 Å². The average molecular weight is 213 g/mol. The number of aromatic nitrogens is 1. The monoisotopic (exact) mass is 213 g/mol. The number of aldehydes is 1. The van der Waals surface area contributed by atoms with Crippen molar-refractivity contribution in [2.45, 2.75) is 0 Å². The standard InChI is InChI=1S/C9H5NO3S.Li/c11-3-5-1-7-8(10-2-5)6(4-14-7)9(12)13;/h1-4H,(H,12,13);/q;+1/p-1. The molecule has 0 saturated heterocycles. The average Bonchev–Trinajstić information content (AvgIpc) is 2.59. The summed E-state index contributed by atoms with van der Waals surface area (Å²) in [6.45, 7) is 0. The summed E-state index contributed by atoms with van der Waals surface area (Å²) in [5, 5.41) is 12.1. The van der Waals surface area contributed by atoms with Crippen molar-refractivity contribution in [2.75, 3.05) is 0 Å². The van der Waals surface area contributed by atoms with Crippen LogP contribution in [0.3, 0.4) is 0 Å². The van der Waals surface area contributed by atoms with E-state index in [4.69, 9.17) is 0 Å². The van der Waals surface area contributed by atoms with Crippen molar-refractivity contribution in [3.8, 4) is 0 Å². The maximum Gasteiger partial charge on any atom is 1.00 e. The smallest absolute Gasteiger partial charge is 0.545 e. The Morgan fingerprint density at radius 3 is 2.87 bits per heavy atom. The Hall–Kier alpha value is -1.15. The van der Waals surface area contributed by atoms with Gasteiger partial charge in [0, 0.05) is 22.7 Å².